The number of nitrogens with one attached hydrogen (secondary N) is 1. The number of anilines is 2. The number of carbonyl (C=O) groups is 1. The highest BCUT2D eigenvalue weighted by Crippen LogP contribution is 2.37. The number of nitrogens with two attached hydrogens (primary N) is 1. The van der Waals surface area contributed by atoms with Crippen molar-refractivity contribution < 1.29 is 18.0 Å². The lowest BCUT2D eigenvalue weighted by Gasteiger charge is -2.37. The van der Waals surface area contributed by atoms with Crippen molar-refractivity contribution in [1.82, 2.24) is 15.0 Å². The molecular formula is C23H22ClF3N6OS. The number of hydrogen-bond donors (Lipinski definition) is 2. The number of carbonyl (C=O) groups excluding carboxylic acids is 1. The van der Waals surface area contributed by atoms with E-state index in [9.17, 15) is 18.0 Å². The summed E-state index contributed by atoms with van der Waals surface area (Å²) in [6, 6.07) is 6.77. The summed E-state index contributed by atoms with van der Waals surface area (Å²) in [5.74, 6) is -0.256. The third-order valence-electron chi connectivity index (χ3n) is 5.60. The molecule has 0 radical (unpaired) electrons. The van der Waals surface area contributed by atoms with Crippen molar-refractivity contribution >= 4 is 40.8 Å². The van der Waals surface area contributed by atoms with Gasteiger partial charge in [-0.05, 0) is 44.0 Å². The Morgan fingerprint density at radius 3 is 2.54 bits per heavy atom. The molecule has 4 rings (SSSR count). The van der Waals surface area contributed by atoms with Crippen molar-refractivity contribution in [2.24, 2.45) is 5.73 Å². The van der Waals surface area contributed by atoms with E-state index in [-0.39, 0.29) is 16.2 Å². The molecule has 35 heavy (non-hydrogen) atoms. The summed E-state index contributed by atoms with van der Waals surface area (Å²) < 4.78 is 39.7. The average molecular weight is 523 g/mol. The van der Waals surface area contributed by atoms with Gasteiger partial charge in [-0.15, -0.1) is 0 Å². The lowest BCUT2D eigenvalue weighted by atomic mass is 9.91. The van der Waals surface area contributed by atoms with E-state index in [0.717, 1.165) is 50.1 Å². The van der Waals surface area contributed by atoms with Crippen LogP contribution in [0.1, 0.15) is 35.8 Å². The highest BCUT2D eigenvalue weighted by atomic mass is 35.5. The number of nitrogens with zero attached hydrogens (tertiary/aromatic N) is 4. The maximum atomic E-state index is 13.2. The minimum absolute atomic E-state index is 0.156. The molecule has 0 aliphatic carbocycles. The molecule has 1 aliphatic heterocycles. The fraction of sp³-hybridized carbons (Fsp3) is 0.304. The Labute approximate surface area is 209 Å². The predicted molar refractivity (Wildman–Crippen MR) is 129 cm³/mol. The van der Waals surface area contributed by atoms with Crippen molar-refractivity contribution in [3.63, 3.8) is 0 Å². The molecular weight excluding hydrogens is 501 g/mol. The van der Waals surface area contributed by atoms with Crippen LogP contribution in [-0.4, -0.2) is 39.5 Å². The monoisotopic (exact) mass is 522 g/mol. The summed E-state index contributed by atoms with van der Waals surface area (Å²) in [5.41, 5.74) is 4.32. The van der Waals surface area contributed by atoms with E-state index in [1.165, 1.54) is 17.8 Å². The van der Waals surface area contributed by atoms with E-state index in [1.807, 2.05) is 6.92 Å². The van der Waals surface area contributed by atoms with Gasteiger partial charge in [-0.2, -0.15) is 13.2 Å². The van der Waals surface area contributed by atoms with Gasteiger partial charge in [0.25, 0.3) is 5.91 Å². The normalized spacial score (nSPS) is 15.7. The number of pyridine rings is 1. The molecule has 184 valence electrons. The van der Waals surface area contributed by atoms with Crippen LogP contribution in [0.5, 0.6) is 0 Å². The van der Waals surface area contributed by atoms with Crippen LogP contribution in [0.25, 0.3) is 0 Å². The summed E-state index contributed by atoms with van der Waals surface area (Å²) in [6.07, 6.45) is 1.44. The minimum Gasteiger partial charge on any atom is -0.355 e. The van der Waals surface area contributed by atoms with Gasteiger partial charge in [-0.3, -0.25) is 9.78 Å². The molecule has 3 heterocycles. The van der Waals surface area contributed by atoms with Crippen LogP contribution in [0.15, 0.2) is 58.8 Å². The van der Waals surface area contributed by atoms with E-state index < -0.39 is 23.3 Å². The summed E-state index contributed by atoms with van der Waals surface area (Å²) in [5, 5.41) is 3.16. The number of benzene rings is 1. The van der Waals surface area contributed by atoms with Gasteiger partial charge in [0.1, 0.15) is 16.5 Å². The zero-order valence-electron chi connectivity index (χ0n) is 18.6. The van der Waals surface area contributed by atoms with Crippen LogP contribution >= 0.6 is 23.4 Å². The van der Waals surface area contributed by atoms with Gasteiger partial charge < -0.3 is 16.0 Å². The van der Waals surface area contributed by atoms with Gasteiger partial charge in [0.05, 0.1) is 28.7 Å². The fourth-order valence-electron chi connectivity index (χ4n) is 3.57. The van der Waals surface area contributed by atoms with Crippen molar-refractivity contribution in [2.45, 2.75) is 41.4 Å². The third kappa shape index (κ3) is 6.03. The van der Waals surface area contributed by atoms with Gasteiger partial charge in [-0.1, -0.05) is 29.4 Å². The standard InChI is InChI=1S/C23H22ClF3N6OS/c1-22(28)7-10-33(11-8-22)17-12-31-18(13-30-17)35-16-6-2-5-15(19(16)24)32-21(34)20-14(23(25,26)27)4-3-9-29-20/h2-6,9,12-13H,7-8,10-11,28H2,1H3,(H,32,34). The summed E-state index contributed by atoms with van der Waals surface area (Å²) in [6.45, 7) is 3.64. The Bertz CT molecular complexity index is 1210. The SMILES string of the molecule is CC1(N)CCN(c2cnc(Sc3cccc(NC(=O)c4ncccc4C(F)(F)F)c3Cl)cn2)CC1. The van der Waals surface area contributed by atoms with Crippen molar-refractivity contribution in [3.8, 4) is 0 Å². The molecule has 12 heteroatoms. The lowest BCUT2D eigenvalue weighted by molar-refractivity contribution is -0.138. The molecule has 0 unspecified atom stereocenters. The maximum Gasteiger partial charge on any atom is 0.418 e. The first-order valence-corrected chi connectivity index (χ1v) is 11.9. The van der Waals surface area contributed by atoms with Crippen LogP contribution < -0.4 is 16.0 Å². The number of hydrogen-bond acceptors (Lipinski definition) is 7. The number of amides is 1. The second-order valence-corrected chi connectivity index (χ2v) is 9.87. The Morgan fingerprint density at radius 1 is 1.14 bits per heavy atom. The molecule has 0 saturated carbocycles. The molecule has 1 amide bonds. The number of rotatable bonds is 5. The van der Waals surface area contributed by atoms with Gasteiger partial charge in [-0.25, -0.2) is 9.97 Å². The lowest BCUT2D eigenvalue weighted by Crippen LogP contribution is -2.48. The van der Waals surface area contributed by atoms with Crippen molar-refractivity contribution in [1.29, 1.82) is 0 Å². The quantitative estimate of drug-likeness (QED) is 0.471. The molecule has 0 bridgehead atoms. The second-order valence-electron chi connectivity index (χ2n) is 8.43. The van der Waals surface area contributed by atoms with E-state index >= 15 is 0 Å². The number of aromatic nitrogens is 3. The van der Waals surface area contributed by atoms with Gasteiger partial charge in [0, 0.05) is 29.7 Å². The molecule has 0 spiro atoms. The van der Waals surface area contributed by atoms with Crippen LogP contribution in [-0.2, 0) is 6.18 Å². The summed E-state index contributed by atoms with van der Waals surface area (Å²) in [7, 11) is 0. The molecule has 3 aromatic rings. The molecule has 7 nitrogen and oxygen atoms in total. The van der Waals surface area contributed by atoms with E-state index in [1.54, 1.807) is 24.5 Å². The largest absolute Gasteiger partial charge is 0.418 e. The number of alkyl halides is 3. The Balaban J connectivity index is 1.47. The van der Waals surface area contributed by atoms with Crippen molar-refractivity contribution in [2.75, 3.05) is 23.3 Å². The zero-order valence-corrected chi connectivity index (χ0v) is 20.2. The van der Waals surface area contributed by atoms with Crippen LogP contribution in [0.3, 0.4) is 0 Å². The first-order chi connectivity index (χ1) is 16.5. The average Bonchev–Trinajstić information content (AvgIpc) is 2.82. The number of piperidine rings is 1. The Morgan fingerprint density at radius 2 is 1.89 bits per heavy atom. The van der Waals surface area contributed by atoms with E-state index in [0.29, 0.717) is 9.92 Å². The topological polar surface area (TPSA) is 97.0 Å². The summed E-state index contributed by atoms with van der Waals surface area (Å²) >= 11 is 7.68. The Kier molecular flexibility index (Phi) is 7.20. The third-order valence-corrected chi connectivity index (χ3v) is 7.10. The Hall–Kier alpha value is -2.89. The maximum absolute atomic E-state index is 13.2. The second kappa shape index (κ2) is 10.00. The smallest absolute Gasteiger partial charge is 0.355 e. The van der Waals surface area contributed by atoms with Gasteiger partial charge in [0.2, 0.25) is 0 Å². The highest BCUT2D eigenvalue weighted by Gasteiger charge is 2.36. The zero-order chi connectivity index (χ0) is 25.2. The first kappa shape index (κ1) is 25.2. The minimum atomic E-state index is -4.72. The summed E-state index contributed by atoms with van der Waals surface area (Å²) in [4.78, 5) is 27.8. The highest BCUT2D eigenvalue weighted by molar-refractivity contribution is 7.99. The molecule has 3 N–H and O–H groups in total. The van der Waals surface area contributed by atoms with Crippen molar-refractivity contribution in [3.05, 3.63) is 65.2 Å². The van der Waals surface area contributed by atoms with Gasteiger partial charge >= 0.3 is 6.18 Å². The predicted octanol–water partition coefficient (Wildman–Crippen LogP) is 5.26. The molecule has 1 aliphatic rings. The molecule has 2 aromatic heterocycles. The fourth-order valence-corrected chi connectivity index (χ4v) is 4.64. The van der Waals surface area contributed by atoms with Crippen LogP contribution in [0.2, 0.25) is 5.02 Å². The van der Waals surface area contributed by atoms with Crippen LogP contribution in [0.4, 0.5) is 24.7 Å². The molecule has 0 atom stereocenters. The molecule has 1 saturated heterocycles. The van der Waals surface area contributed by atoms with E-state index in [2.05, 4.69) is 25.2 Å². The first-order valence-electron chi connectivity index (χ1n) is 10.7. The number of halogens is 4. The van der Waals surface area contributed by atoms with Gasteiger partial charge in [0.15, 0.2) is 0 Å². The molecule has 1 fully saturated rings. The van der Waals surface area contributed by atoms with E-state index in [4.69, 9.17) is 17.3 Å². The van der Waals surface area contributed by atoms with Crippen LogP contribution in [0, 0.1) is 0 Å². The molecule has 1 aromatic carbocycles.